The Balaban J connectivity index is 2.24. The van der Waals surface area contributed by atoms with E-state index >= 15 is 0 Å². The predicted molar refractivity (Wildman–Crippen MR) is 63.4 cm³/mol. The number of Topliss-reactive ketones (excluding diaryl/α,β-unsaturated/α-hetero) is 1. The standard InChI is InChI=1S/C14H11F2NO/c1-9-3-2-4-17-14(9)13(18)7-10-5-11(15)8-12(16)6-10/h2-6,8H,7H2,1H3. The van der Waals surface area contributed by atoms with Crippen molar-refractivity contribution >= 4 is 5.78 Å². The van der Waals surface area contributed by atoms with E-state index in [4.69, 9.17) is 0 Å². The minimum Gasteiger partial charge on any atom is -0.292 e. The molecule has 0 amide bonds. The molecule has 0 aliphatic heterocycles. The van der Waals surface area contributed by atoms with Gasteiger partial charge in [0.05, 0.1) is 0 Å². The monoisotopic (exact) mass is 247 g/mol. The van der Waals surface area contributed by atoms with Crippen molar-refractivity contribution in [2.24, 2.45) is 0 Å². The van der Waals surface area contributed by atoms with Crippen LogP contribution in [-0.4, -0.2) is 10.8 Å². The molecular formula is C14H11F2NO. The fraction of sp³-hybridized carbons (Fsp3) is 0.143. The van der Waals surface area contributed by atoms with Crippen LogP contribution in [0.1, 0.15) is 21.6 Å². The molecule has 1 aromatic carbocycles. The van der Waals surface area contributed by atoms with Crippen LogP contribution in [0.5, 0.6) is 0 Å². The van der Waals surface area contributed by atoms with E-state index in [2.05, 4.69) is 4.98 Å². The van der Waals surface area contributed by atoms with E-state index in [9.17, 15) is 13.6 Å². The van der Waals surface area contributed by atoms with Gasteiger partial charge in [0.1, 0.15) is 17.3 Å². The first-order chi connectivity index (χ1) is 8.56. The molecule has 2 nitrogen and oxygen atoms in total. The number of halogens is 2. The topological polar surface area (TPSA) is 30.0 Å². The minimum atomic E-state index is -0.685. The molecule has 2 rings (SSSR count). The Morgan fingerprint density at radius 1 is 1.22 bits per heavy atom. The van der Waals surface area contributed by atoms with Crippen LogP contribution in [0.15, 0.2) is 36.5 Å². The van der Waals surface area contributed by atoms with E-state index in [1.807, 2.05) is 0 Å². The first-order valence-corrected chi connectivity index (χ1v) is 5.46. The van der Waals surface area contributed by atoms with Gasteiger partial charge in [0.25, 0.3) is 0 Å². The Kier molecular flexibility index (Phi) is 3.46. The Hall–Kier alpha value is -2.10. The molecule has 0 aliphatic carbocycles. The van der Waals surface area contributed by atoms with Crippen molar-refractivity contribution < 1.29 is 13.6 Å². The van der Waals surface area contributed by atoms with Gasteiger partial charge in [-0.2, -0.15) is 0 Å². The van der Waals surface area contributed by atoms with Crippen molar-refractivity contribution in [3.05, 3.63) is 65.0 Å². The SMILES string of the molecule is Cc1cccnc1C(=O)Cc1cc(F)cc(F)c1. The Bertz CT molecular complexity index is 576. The molecule has 1 heterocycles. The molecule has 0 bridgehead atoms. The molecule has 4 heteroatoms. The minimum absolute atomic E-state index is 0.0630. The number of carbonyl (C=O) groups is 1. The number of aryl methyl sites for hydroxylation is 1. The molecule has 0 fully saturated rings. The van der Waals surface area contributed by atoms with E-state index in [-0.39, 0.29) is 12.2 Å². The Morgan fingerprint density at radius 2 is 1.89 bits per heavy atom. The van der Waals surface area contributed by atoms with Crippen LogP contribution in [0.3, 0.4) is 0 Å². The zero-order valence-corrected chi connectivity index (χ0v) is 9.78. The lowest BCUT2D eigenvalue weighted by molar-refractivity contribution is 0.0987. The van der Waals surface area contributed by atoms with Gasteiger partial charge in [0.15, 0.2) is 5.78 Å². The molecule has 92 valence electrons. The highest BCUT2D eigenvalue weighted by Gasteiger charge is 2.12. The number of hydrogen-bond donors (Lipinski definition) is 0. The summed E-state index contributed by atoms with van der Waals surface area (Å²) in [6.45, 7) is 1.77. The fourth-order valence-corrected chi connectivity index (χ4v) is 1.76. The summed E-state index contributed by atoms with van der Waals surface area (Å²) in [5.41, 5.74) is 1.39. The molecule has 0 unspecified atom stereocenters. The third kappa shape index (κ3) is 2.77. The first kappa shape index (κ1) is 12.4. The summed E-state index contributed by atoms with van der Waals surface area (Å²) in [6.07, 6.45) is 1.46. The molecule has 0 spiro atoms. The van der Waals surface area contributed by atoms with E-state index in [1.54, 1.807) is 19.1 Å². The van der Waals surface area contributed by atoms with Gasteiger partial charge in [-0.15, -0.1) is 0 Å². The highest BCUT2D eigenvalue weighted by molar-refractivity contribution is 5.96. The van der Waals surface area contributed by atoms with Crippen LogP contribution in [-0.2, 0) is 6.42 Å². The molecule has 1 aromatic heterocycles. The highest BCUT2D eigenvalue weighted by Crippen LogP contribution is 2.12. The molecule has 2 aromatic rings. The average Bonchev–Trinajstić information content (AvgIpc) is 2.27. The number of pyridine rings is 1. The van der Waals surface area contributed by atoms with Crippen LogP contribution in [0.2, 0.25) is 0 Å². The summed E-state index contributed by atoms with van der Waals surface area (Å²) in [7, 11) is 0. The zero-order chi connectivity index (χ0) is 13.1. The maximum Gasteiger partial charge on any atom is 0.185 e. The third-order valence-electron chi connectivity index (χ3n) is 2.56. The molecule has 0 atom stereocenters. The summed E-state index contributed by atoms with van der Waals surface area (Å²) in [6, 6.07) is 6.58. The lowest BCUT2D eigenvalue weighted by Crippen LogP contribution is -2.08. The smallest absolute Gasteiger partial charge is 0.185 e. The van der Waals surface area contributed by atoms with E-state index in [0.717, 1.165) is 23.8 Å². The Labute approximate surface area is 103 Å². The number of hydrogen-bond acceptors (Lipinski definition) is 2. The van der Waals surface area contributed by atoms with Crippen molar-refractivity contribution in [1.82, 2.24) is 4.98 Å². The summed E-state index contributed by atoms with van der Waals surface area (Å²) in [5.74, 6) is -1.62. The van der Waals surface area contributed by atoms with Crippen molar-refractivity contribution in [2.45, 2.75) is 13.3 Å². The first-order valence-electron chi connectivity index (χ1n) is 5.46. The maximum atomic E-state index is 13.0. The predicted octanol–water partition coefficient (Wildman–Crippen LogP) is 3.09. The lowest BCUT2D eigenvalue weighted by atomic mass is 10.0. The second-order valence-electron chi connectivity index (χ2n) is 4.05. The van der Waals surface area contributed by atoms with Crippen LogP contribution in [0, 0.1) is 18.6 Å². The molecule has 0 N–H and O–H groups in total. The van der Waals surface area contributed by atoms with Crippen molar-refractivity contribution in [2.75, 3.05) is 0 Å². The molecule has 0 saturated carbocycles. The molecular weight excluding hydrogens is 236 g/mol. The Morgan fingerprint density at radius 3 is 2.50 bits per heavy atom. The number of aromatic nitrogens is 1. The zero-order valence-electron chi connectivity index (χ0n) is 9.78. The van der Waals surface area contributed by atoms with Gasteiger partial charge in [-0.25, -0.2) is 8.78 Å². The van der Waals surface area contributed by atoms with Crippen LogP contribution in [0.4, 0.5) is 8.78 Å². The summed E-state index contributed by atoms with van der Waals surface area (Å²) >= 11 is 0. The van der Waals surface area contributed by atoms with Crippen molar-refractivity contribution in [1.29, 1.82) is 0 Å². The van der Waals surface area contributed by atoms with Gasteiger partial charge >= 0.3 is 0 Å². The van der Waals surface area contributed by atoms with Gasteiger partial charge in [-0.05, 0) is 36.2 Å². The maximum absolute atomic E-state index is 13.0. The van der Waals surface area contributed by atoms with Gasteiger partial charge < -0.3 is 0 Å². The van der Waals surface area contributed by atoms with E-state index in [0.29, 0.717) is 11.3 Å². The van der Waals surface area contributed by atoms with Crippen molar-refractivity contribution in [3.63, 3.8) is 0 Å². The third-order valence-corrected chi connectivity index (χ3v) is 2.56. The fourth-order valence-electron chi connectivity index (χ4n) is 1.76. The van der Waals surface area contributed by atoms with Crippen LogP contribution >= 0.6 is 0 Å². The van der Waals surface area contributed by atoms with E-state index in [1.165, 1.54) is 6.20 Å². The normalized spacial score (nSPS) is 10.4. The van der Waals surface area contributed by atoms with Gasteiger partial charge in [0, 0.05) is 18.7 Å². The van der Waals surface area contributed by atoms with Crippen molar-refractivity contribution in [3.8, 4) is 0 Å². The number of benzene rings is 1. The molecule has 0 saturated heterocycles. The number of nitrogens with zero attached hydrogens (tertiary/aromatic N) is 1. The summed E-state index contributed by atoms with van der Waals surface area (Å²) < 4.78 is 26.0. The molecule has 18 heavy (non-hydrogen) atoms. The quantitative estimate of drug-likeness (QED) is 0.780. The van der Waals surface area contributed by atoms with E-state index < -0.39 is 11.6 Å². The average molecular weight is 247 g/mol. The van der Waals surface area contributed by atoms with Gasteiger partial charge in [-0.3, -0.25) is 9.78 Å². The van der Waals surface area contributed by atoms with Gasteiger partial charge in [0.2, 0.25) is 0 Å². The number of ketones is 1. The summed E-state index contributed by atoms with van der Waals surface area (Å²) in [4.78, 5) is 15.9. The summed E-state index contributed by atoms with van der Waals surface area (Å²) in [5, 5.41) is 0. The second-order valence-corrected chi connectivity index (χ2v) is 4.05. The van der Waals surface area contributed by atoms with Crippen LogP contribution in [0.25, 0.3) is 0 Å². The van der Waals surface area contributed by atoms with Gasteiger partial charge in [-0.1, -0.05) is 6.07 Å². The lowest BCUT2D eigenvalue weighted by Gasteiger charge is -2.04. The highest BCUT2D eigenvalue weighted by atomic mass is 19.1. The molecule has 0 radical (unpaired) electrons. The second kappa shape index (κ2) is 5.04. The molecule has 0 aliphatic rings. The number of rotatable bonds is 3. The number of carbonyl (C=O) groups excluding carboxylic acids is 1. The largest absolute Gasteiger partial charge is 0.292 e. The van der Waals surface area contributed by atoms with Crippen LogP contribution < -0.4 is 0 Å².